The van der Waals surface area contributed by atoms with Crippen LogP contribution in [0.5, 0.6) is 0 Å². The molecule has 14 heteroatoms. The molecule has 230 valence electrons. The molecule has 4 aromatic rings. The summed E-state index contributed by atoms with van der Waals surface area (Å²) < 4.78 is 22.0. The van der Waals surface area contributed by atoms with E-state index in [4.69, 9.17) is 16.3 Å². The lowest BCUT2D eigenvalue weighted by atomic mass is 9.89. The predicted octanol–water partition coefficient (Wildman–Crippen LogP) is 3.77. The highest BCUT2D eigenvalue weighted by atomic mass is 35.5. The number of nitrogens with one attached hydrogen (secondary N) is 1. The number of fused-ring (bicyclic) bond motifs is 1. The minimum Gasteiger partial charge on any atom is -0.478 e. The molecule has 45 heavy (non-hydrogen) atoms. The van der Waals surface area contributed by atoms with Crippen molar-refractivity contribution in [2.75, 3.05) is 43.1 Å². The van der Waals surface area contributed by atoms with Gasteiger partial charge in [0.2, 0.25) is 5.91 Å². The van der Waals surface area contributed by atoms with Crippen LogP contribution in [0.3, 0.4) is 0 Å². The predicted molar refractivity (Wildman–Crippen MR) is 163 cm³/mol. The molecule has 12 nitrogen and oxygen atoms in total. The number of rotatable bonds is 7. The first-order valence-corrected chi connectivity index (χ1v) is 14.5. The number of aromatic nitrogens is 4. The van der Waals surface area contributed by atoms with Gasteiger partial charge in [-0.2, -0.15) is 4.68 Å². The van der Waals surface area contributed by atoms with Crippen LogP contribution in [-0.4, -0.2) is 80.8 Å². The van der Waals surface area contributed by atoms with Crippen LogP contribution < -0.4 is 10.2 Å². The Hall–Kier alpha value is -5.14. The van der Waals surface area contributed by atoms with E-state index in [1.807, 2.05) is 18.2 Å². The molecule has 0 radical (unpaired) electrons. The van der Waals surface area contributed by atoms with Crippen molar-refractivity contribution in [3.63, 3.8) is 0 Å². The molecule has 0 saturated carbocycles. The number of carbonyl (C=O) groups excluding carboxylic acids is 2. The van der Waals surface area contributed by atoms with Crippen molar-refractivity contribution in [3.05, 3.63) is 100 Å². The second-order valence-corrected chi connectivity index (χ2v) is 10.8. The average Bonchev–Trinajstić information content (AvgIpc) is 3.60. The number of tetrazole rings is 1. The number of morpholine rings is 1. The second kappa shape index (κ2) is 12.8. The van der Waals surface area contributed by atoms with Crippen LogP contribution in [0.4, 0.5) is 15.8 Å². The lowest BCUT2D eigenvalue weighted by Gasteiger charge is -2.39. The van der Waals surface area contributed by atoms with E-state index >= 15 is 4.39 Å². The molecule has 1 aromatic heterocycles. The summed E-state index contributed by atoms with van der Waals surface area (Å²) in [6, 6.07) is 13.3. The number of halogens is 2. The van der Waals surface area contributed by atoms with E-state index in [1.165, 1.54) is 64.5 Å². The summed E-state index contributed by atoms with van der Waals surface area (Å²) in [5.74, 6) is -2.86. The van der Waals surface area contributed by atoms with Gasteiger partial charge in [-0.05, 0) is 76.5 Å². The molecule has 1 fully saturated rings. The van der Waals surface area contributed by atoms with Crippen LogP contribution in [0.15, 0.2) is 67.0 Å². The van der Waals surface area contributed by atoms with Gasteiger partial charge in [-0.1, -0.05) is 23.7 Å². The largest absolute Gasteiger partial charge is 0.478 e. The van der Waals surface area contributed by atoms with Crippen molar-refractivity contribution >= 4 is 46.8 Å². The summed E-state index contributed by atoms with van der Waals surface area (Å²) in [6.07, 6.45) is 4.26. The number of ether oxygens (including phenoxy) is 1. The minimum atomic E-state index is -1.09. The van der Waals surface area contributed by atoms with Gasteiger partial charge in [-0.25, -0.2) is 9.18 Å². The fourth-order valence-electron chi connectivity index (χ4n) is 5.61. The maximum Gasteiger partial charge on any atom is 0.335 e. The highest BCUT2D eigenvalue weighted by Gasteiger charge is 2.37. The first-order chi connectivity index (χ1) is 21.8. The third-order valence-electron chi connectivity index (χ3n) is 7.78. The monoisotopic (exact) mass is 631 g/mol. The van der Waals surface area contributed by atoms with Crippen molar-refractivity contribution in [2.24, 2.45) is 0 Å². The lowest BCUT2D eigenvalue weighted by molar-refractivity contribution is -0.135. The molecule has 0 spiro atoms. The fourth-order valence-corrected chi connectivity index (χ4v) is 5.78. The van der Waals surface area contributed by atoms with E-state index in [0.717, 1.165) is 11.3 Å². The highest BCUT2D eigenvalue weighted by molar-refractivity contribution is 6.31. The Balaban J connectivity index is 1.35. The summed E-state index contributed by atoms with van der Waals surface area (Å²) in [5.41, 5.74) is 3.30. The molecule has 2 aliphatic rings. The molecule has 6 rings (SSSR count). The average molecular weight is 632 g/mol. The fraction of sp³-hybridized carbons (Fsp3) is 0.226. The summed E-state index contributed by atoms with van der Waals surface area (Å²) >= 11 is 6.05. The molecule has 0 unspecified atom stereocenters. The summed E-state index contributed by atoms with van der Waals surface area (Å²) in [6.45, 7) is 2.78. The van der Waals surface area contributed by atoms with Gasteiger partial charge >= 0.3 is 5.97 Å². The number of carboxylic acids is 1. The van der Waals surface area contributed by atoms with Gasteiger partial charge in [0.15, 0.2) is 5.82 Å². The van der Waals surface area contributed by atoms with Gasteiger partial charge in [-0.15, -0.1) is 5.10 Å². The summed E-state index contributed by atoms with van der Waals surface area (Å²) in [4.78, 5) is 42.7. The van der Waals surface area contributed by atoms with Crippen molar-refractivity contribution in [2.45, 2.75) is 12.5 Å². The number of carbonyl (C=O) groups is 3. The van der Waals surface area contributed by atoms with Crippen molar-refractivity contribution in [3.8, 4) is 5.69 Å². The molecule has 1 saturated heterocycles. The number of carboxylic acid groups (broad SMARTS) is 1. The number of aromatic carboxylic acids is 1. The van der Waals surface area contributed by atoms with Crippen LogP contribution >= 0.6 is 11.6 Å². The number of hydrogen-bond acceptors (Lipinski definition) is 8. The van der Waals surface area contributed by atoms with Crippen molar-refractivity contribution in [1.82, 2.24) is 25.1 Å². The summed E-state index contributed by atoms with van der Waals surface area (Å²) in [5, 5.41) is 22.9. The van der Waals surface area contributed by atoms with E-state index in [-0.39, 0.29) is 28.4 Å². The van der Waals surface area contributed by atoms with Crippen LogP contribution in [0.1, 0.15) is 33.1 Å². The number of hydrogen-bond donors (Lipinski definition) is 2. The normalized spacial score (nSPS) is 16.4. The molecule has 3 heterocycles. The van der Waals surface area contributed by atoms with E-state index in [0.29, 0.717) is 44.0 Å². The topological polar surface area (TPSA) is 143 Å². The first-order valence-electron chi connectivity index (χ1n) is 14.1. The maximum absolute atomic E-state index is 15.2. The lowest BCUT2D eigenvalue weighted by Crippen LogP contribution is -2.45. The van der Waals surface area contributed by atoms with E-state index in [2.05, 4.69) is 25.7 Å². The van der Waals surface area contributed by atoms with E-state index in [9.17, 15) is 19.5 Å². The molecular formula is C31H27ClFN7O5. The Kier molecular flexibility index (Phi) is 8.54. The summed E-state index contributed by atoms with van der Waals surface area (Å²) in [7, 11) is 0. The number of benzene rings is 3. The molecule has 1 atom stereocenters. The Labute approximate surface area is 261 Å². The van der Waals surface area contributed by atoms with Gasteiger partial charge in [0.1, 0.15) is 12.4 Å². The highest BCUT2D eigenvalue weighted by Crippen LogP contribution is 2.37. The number of nitrogens with zero attached hydrogens (tertiary/aromatic N) is 6. The molecule has 2 amide bonds. The van der Waals surface area contributed by atoms with E-state index in [1.54, 1.807) is 0 Å². The molecule has 0 bridgehead atoms. The van der Waals surface area contributed by atoms with Gasteiger partial charge in [0, 0.05) is 42.6 Å². The van der Waals surface area contributed by atoms with Crippen LogP contribution in [-0.2, 0) is 20.7 Å². The quantitative estimate of drug-likeness (QED) is 0.291. The van der Waals surface area contributed by atoms with Crippen LogP contribution in [0.2, 0.25) is 5.02 Å². The van der Waals surface area contributed by atoms with Gasteiger partial charge in [0.05, 0.1) is 29.5 Å². The zero-order valence-electron chi connectivity index (χ0n) is 23.8. The van der Waals surface area contributed by atoms with Crippen molar-refractivity contribution in [1.29, 1.82) is 0 Å². The third kappa shape index (κ3) is 6.12. The van der Waals surface area contributed by atoms with E-state index < -0.39 is 29.6 Å². The number of anilines is 2. The minimum absolute atomic E-state index is 0.00492. The van der Waals surface area contributed by atoms with Crippen molar-refractivity contribution < 1.29 is 28.6 Å². The van der Waals surface area contributed by atoms with Crippen LogP contribution in [0, 0.1) is 5.82 Å². The third-order valence-corrected chi connectivity index (χ3v) is 8.07. The zero-order chi connectivity index (χ0) is 31.5. The second-order valence-electron chi connectivity index (χ2n) is 10.4. The standard InChI is InChI=1S/C31H27ClFN7O5/c32-24-9-10-26(40-18-34-36-37-40)23(28(24)33)8-11-27(41)39-13-12-21-22(2-1-3-25(21)38-14-16-45-17-15-38)29(39)30(42)35-20-6-4-19(5-7-20)31(43)44/h1-11,18,29H,12-17H2,(H,35,42)(H,43,44)/b11-8+/t29-/m0/s1. The Morgan fingerprint density at radius 2 is 1.80 bits per heavy atom. The SMILES string of the molecule is O=C(O)c1ccc(NC(=O)[C@@H]2c3cccc(N4CCOCC4)c3CCN2C(=O)/C=C/c2c(-n3cnnn3)ccc(Cl)c2F)cc1. The van der Waals surface area contributed by atoms with Gasteiger partial charge in [0.25, 0.3) is 5.91 Å². The molecule has 2 aliphatic heterocycles. The zero-order valence-corrected chi connectivity index (χ0v) is 24.5. The maximum atomic E-state index is 15.2. The molecule has 3 aromatic carbocycles. The molecule has 0 aliphatic carbocycles. The Morgan fingerprint density at radius 3 is 2.51 bits per heavy atom. The van der Waals surface area contributed by atoms with Gasteiger partial charge < -0.3 is 25.0 Å². The van der Waals surface area contributed by atoms with Crippen LogP contribution in [0.25, 0.3) is 11.8 Å². The smallest absolute Gasteiger partial charge is 0.335 e. The molecular weight excluding hydrogens is 605 g/mol. The Bertz CT molecular complexity index is 1780. The number of amides is 2. The first kappa shape index (κ1) is 29.9. The van der Waals surface area contributed by atoms with Gasteiger partial charge in [-0.3, -0.25) is 9.59 Å². The Morgan fingerprint density at radius 1 is 1.02 bits per heavy atom. The molecule has 2 N–H and O–H groups in total.